The molecule has 240 valence electrons. The first-order valence-electron chi connectivity index (χ1n) is 16.9. The first kappa shape index (κ1) is 32.5. The van der Waals surface area contributed by atoms with Gasteiger partial charge in [0.2, 0.25) is 0 Å². The Hall–Kier alpha value is -2.88. The van der Waals surface area contributed by atoms with Crippen LogP contribution in [-0.4, -0.2) is 0 Å². The smallest absolute Gasteiger partial charge is 0.117 e. The van der Waals surface area contributed by atoms with Gasteiger partial charge in [-0.05, 0) is 126 Å². The van der Waals surface area contributed by atoms with Crippen molar-refractivity contribution in [3.8, 4) is 0 Å². The molecule has 0 spiro atoms. The lowest BCUT2D eigenvalue weighted by molar-refractivity contribution is 0.219. The first-order chi connectivity index (χ1) is 20.5. The summed E-state index contributed by atoms with van der Waals surface area (Å²) in [6, 6.07) is 17.4. The molecule has 4 aromatic heterocycles. The predicted molar refractivity (Wildman–Crippen MR) is 178 cm³/mol. The second-order valence-corrected chi connectivity index (χ2v) is 16.4. The van der Waals surface area contributed by atoms with E-state index in [0.29, 0.717) is 23.7 Å². The average Bonchev–Trinajstić information content (AvgIpc) is 3.73. The molecule has 4 heteroatoms. The summed E-state index contributed by atoms with van der Waals surface area (Å²) in [5.41, 5.74) is -1.73. The van der Waals surface area contributed by atoms with Crippen LogP contribution in [0.4, 0.5) is 0 Å². The summed E-state index contributed by atoms with van der Waals surface area (Å²) in [7, 11) is 0. The van der Waals surface area contributed by atoms with Gasteiger partial charge in [-0.3, -0.25) is 0 Å². The highest BCUT2D eigenvalue weighted by atomic mass is 16.4. The van der Waals surface area contributed by atoms with Gasteiger partial charge in [0.1, 0.15) is 46.1 Å². The highest BCUT2D eigenvalue weighted by Gasteiger charge is 2.45. The van der Waals surface area contributed by atoms with E-state index in [1.54, 1.807) is 0 Å². The largest absolute Gasteiger partial charge is 0.464 e. The van der Waals surface area contributed by atoms with Crippen molar-refractivity contribution in [1.29, 1.82) is 0 Å². The van der Waals surface area contributed by atoms with Gasteiger partial charge >= 0.3 is 0 Å². The van der Waals surface area contributed by atoms with Crippen molar-refractivity contribution in [2.45, 2.75) is 130 Å². The molecular formula is C40H56O4. The van der Waals surface area contributed by atoms with Crippen LogP contribution in [-0.2, 0) is 21.7 Å². The van der Waals surface area contributed by atoms with Crippen molar-refractivity contribution in [3.05, 3.63) is 94.6 Å². The molecule has 0 radical (unpaired) electrons. The first-order valence-corrected chi connectivity index (χ1v) is 16.9. The minimum atomic E-state index is -0.433. The Balaban J connectivity index is 1.82. The standard InChI is InChI=1S/C40H56O4/c1-25(2)21-37(9)29-13-15-31(41-29)38(10,22-26(3)4)33-17-19-35(43-33)40(12,24-28(7)8)36-20-18-34(44-36)39(11,23-27(5)6)32-16-14-30(37)42-32/h13-20,25-28H,21-24H2,1-12H3. The van der Waals surface area contributed by atoms with Crippen LogP contribution in [0, 0.1) is 23.7 Å². The van der Waals surface area contributed by atoms with E-state index in [1.165, 1.54) is 0 Å². The predicted octanol–water partition coefficient (Wildman–Crippen LogP) is 11.8. The average molecular weight is 601 g/mol. The van der Waals surface area contributed by atoms with Crippen LogP contribution in [0.1, 0.15) is 155 Å². The summed E-state index contributed by atoms with van der Waals surface area (Å²) in [5.74, 6) is 9.25. The van der Waals surface area contributed by atoms with Gasteiger partial charge in [-0.1, -0.05) is 55.4 Å². The normalized spacial score (nSPS) is 27.3. The van der Waals surface area contributed by atoms with Gasteiger partial charge in [-0.2, -0.15) is 0 Å². The van der Waals surface area contributed by atoms with Crippen LogP contribution in [0.25, 0.3) is 0 Å². The summed E-state index contributed by atoms with van der Waals surface area (Å²) in [6.07, 6.45) is 3.60. The minimum absolute atomic E-state index is 0.433. The van der Waals surface area contributed by atoms with E-state index >= 15 is 0 Å². The van der Waals surface area contributed by atoms with E-state index in [0.717, 1.165) is 71.8 Å². The maximum Gasteiger partial charge on any atom is 0.117 e. The molecule has 0 saturated carbocycles. The second-order valence-electron chi connectivity index (χ2n) is 16.4. The molecule has 5 rings (SSSR count). The third-order valence-corrected chi connectivity index (χ3v) is 10.0. The quantitative estimate of drug-likeness (QED) is 0.202. The molecule has 4 nitrogen and oxygen atoms in total. The molecule has 1 aliphatic heterocycles. The molecular weight excluding hydrogens is 544 g/mol. The SMILES string of the molecule is CC(C)CC1(C)c2ccc(o2)C(C)(CC(C)C)c2ccc(o2)C(C)(CC(C)C)c2ccc(o2)C(C)(CC(C)C)c2ccc1o2. The molecule has 0 aromatic carbocycles. The number of fused-ring (bicyclic) bond motifs is 8. The van der Waals surface area contributed by atoms with Gasteiger partial charge in [0.25, 0.3) is 0 Å². The summed E-state index contributed by atoms with van der Waals surface area (Å²) < 4.78 is 27.9. The molecule has 0 amide bonds. The van der Waals surface area contributed by atoms with Gasteiger partial charge in [-0.15, -0.1) is 0 Å². The fourth-order valence-corrected chi connectivity index (χ4v) is 8.28. The van der Waals surface area contributed by atoms with Crippen molar-refractivity contribution in [1.82, 2.24) is 0 Å². The third-order valence-electron chi connectivity index (χ3n) is 10.0. The molecule has 5 heterocycles. The Kier molecular flexibility index (Phi) is 8.49. The molecule has 0 saturated heterocycles. The number of furan rings is 4. The molecule has 0 unspecified atom stereocenters. The Morgan fingerprint density at radius 3 is 0.591 bits per heavy atom. The zero-order chi connectivity index (χ0) is 32.2. The van der Waals surface area contributed by atoms with E-state index in [1.807, 2.05) is 0 Å². The zero-order valence-electron chi connectivity index (χ0n) is 29.4. The lowest BCUT2D eigenvalue weighted by atomic mass is 9.77. The van der Waals surface area contributed by atoms with Crippen molar-refractivity contribution in [2.24, 2.45) is 23.7 Å². The molecule has 0 N–H and O–H groups in total. The van der Waals surface area contributed by atoms with E-state index in [-0.39, 0.29) is 0 Å². The molecule has 8 bridgehead atoms. The van der Waals surface area contributed by atoms with Crippen LogP contribution in [0.3, 0.4) is 0 Å². The highest BCUT2D eigenvalue weighted by molar-refractivity contribution is 5.39. The van der Waals surface area contributed by atoms with Crippen LogP contribution in [0.15, 0.2) is 66.2 Å². The molecule has 44 heavy (non-hydrogen) atoms. The summed E-state index contributed by atoms with van der Waals surface area (Å²) in [5, 5.41) is 0. The van der Waals surface area contributed by atoms with Crippen molar-refractivity contribution in [3.63, 3.8) is 0 Å². The molecule has 1 aliphatic rings. The second kappa shape index (κ2) is 11.5. The summed E-state index contributed by atoms with van der Waals surface area (Å²) in [4.78, 5) is 0. The molecule has 0 aliphatic carbocycles. The van der Waals surface area contributed by atoms with Crippen LogP contribution < -0.4 is 0 Å². The van der Waals surface area contributed by atoms with Gasteiger partial charge in [0, 0.05) is 0 Å². The summed E-state index contributed by atoms with van der Waals surface area (Å²) >= 11 is 0. The fourth-order valence-electron chi connectivity index (χ4n) is 8.28. The third kappa shape index (κ3) is 5.56. The highest BCUT2D eigenvalue weighted by Crippen LogP contribution is 2.50. The lowest BCUT2D eigenvalue weighted by Gasteiger charge is -2.32. The molecule has 0 atom stereocenters. The van der Waals surface area contributed by atoms with Gasteiger partial charge in [0.05, 0.1) is 21.7 Å². The molecule has 4 aromatic rings. The fraction of sp³-hybridized carbons (Fsp3) is 0.600. The zero-order valence-corrected chi connectivity index (χ0v) is 29.4. The number of rotatable bonds is 8. The number of hydrogen-bond acceptors (Lipinski definition) is 4. The van der Waals surface area contributed by atoms with Crippen LogP contribution in [0.5, 0.6) is 0 Å². The van der Waals surface area contributed by atoms with E-state index in [9.17, 15) is 0 Å². The molecule has 0 fully saturated rings. The topological polar surface area (TPSA) is 52.6 Å². The maximum absolute atomic E-state index is 6.97. The van der Waals surface area contributed by atoms with Crippen molar-refractivity contribution in [2.75, 3.05) is 0 Å². The summed E-state index contributed by atoms with van der Waals surface area (Å²) in [6.45, 7) is 27.3. The Labute approximate surface area is 266 Å². The van der Waals surface area contributed by atoms with Crippen molar-refractivity contribution >= 4 is 0 Å². The van der Waals surface area contributed by atoms with Gasteiger partial charge in [0.15, 0.2) is 0 Å². The van der Waals surface area contributed by atoms with Crippen LogP contribution in [0.2, 0.25) is 0 Å². The maximum atomic E-state index is 6.97. The van der Waals surface area contributed by atoms with E-state index < -0.39 is 21.7 Å². The van der Waals surface area contributed by atoms with Gasteiger partial charge < -0.3 is 17.7 Å². The number of hydrogen-bond donors (Lipinski definition) is 0. The Morgan fingerprint density at radius 1 is 0.341 bits per heavy atom. The minimum Gasteiger partial charge on any atom is -0.464 e. The Bertz CT molecular complexity index is 1240. The lowest BCUT2D eigenvalue weighted by Crippen LogP contribution is -2.28. The van der Waals surface area contributed by atoms with E-state index in [2.05, 4.69) is 132 Å². The Morgan fingerprint density at radius 2 is 0.477 bits per heavy atom. The monoisotopic (exact) mass is 600 g/mol. The van der Waals surface area contributed by atoms with Crippen molar-refractivity contribution < 1.29 is 17.7 Å². The van der Waals surface area contributed by atoms with Gasteiger partial charge in [-0.25, -0.2) is 0 Å². The van der Waals surface area contributed by atoms with Crippen LogP contribution >= 0.6 is 0 Å². The van der Waals surface area contributed by atoms with E-state index in [4.69, 9.17) is 17.7 Å².